The van der Waals surface area contributed by atoms with E-state index in [-0.39, 0.29) is 11.9 Å². The number of rotatable bonds is 7. The van der Waals surface area contributed by atoms with Gasteiger partial charge >= 0.3 is 0 Å². The number of fused-ring (bicyclic) bond motifs is 1. The van der Waals surface area contributed by atoms with Crippen LogP contribution in [0.2, 0.25) is 0 Å². The first-order chi connectivity index (χ1) is 13.1. The molecule has 5 heteroatoms. The lowest BCUT2D eigenvalue weighted by Gasteiger charge is -2.35. The van der Waals surface area contributed by atoms with Crippen molar-refractivity contribution < 1.29 is 14.3 Å². The van der Waals surface area contributed by atoms with Crippen LogP contribution in [-0.4, -0.2) is 39.3 Å². The first-order valence-corrected chi connectivity index (χ1v) is 9.47. The van der Waals surface area contributed by atoms with Crippen LogP contribution in [0.15, 0.2) is 42.5 Å². The largest absolute Gasteiger partial charge is 0.493 e. The second kappa shape index (κ2) is 8.80. The van der Waals surface area contributed by atoms with Crippen LogP contribution in [0.25, 0.3) is 0 Å². The fourth-order valence-corrected chi connectivity index (χ4v) is 3.62. The van der Waals surface area contributed by atoms with Gasteiger partial charge in [0.2, 0.25) is 5.91 Å². The molecule has 1 amide bonds. The van der Waals surface area contributed by atoms with Crippen LogP contribution in [0.5, 0.6) is 11.5 Å². The molecular weight excluding hydrogens is 340 g/mol. The summed E-state index contributed by atoms with van der Waals surface area (Å²) in [6.07, 6.45) is 2.91. The average Bonchev–Trinajstić information content (AvgIpc) is 2.72. The van der Waals surface area contributed by atoms with E-state index in [9.17, 15) is 4.79 Å². The van der Waals surface area contributed by atoms with E-state index in [4.69, 9.17) is 9.47 Å². The lowest BCUT2D eigenvalue weighted by atomic mass is 10.00. The fourth-order valence-electron chi connectivity index (χ4n) is 3.62. The molecule has 1 atom stereocenters. The Hall–Kier alpha value is -2.69. The molecule has 2 aromatic carbocycles. The quantitative estimate of drug-likeness (QED) is 0.815. The Labute approximate surface area is 161 Å². The SMILES string of the molecule is COc1ccc(CCNC(=O)C(C)N2CCCc3ccccc32)cc1OC. The number of methoxy groups -OCH3 is 2. The Kier molecular flexibility index (Phi) is 6.22. The minimum atomic E-state index is -0.183. The number of para-hydroxylation sites is 1. The number of carbonyl (C=O) groups is 1. The molecule has 0 aliphatic carbocycles. The van der Waals surface area contributed by atoms with E-state index in [0.717, 1.165) is 31.4 Å². The van der Waals surface area contributed by atoms with E-state index in [1.54, 1.807) is 14.2 Å². The Balaban J connectivity index is 1.57. The molecule has 144 valence electrons. The van der Waals surface area contributed by atoms with Gasteiger partial charge in [0, 0.05) is 18.8 Å². The minimum Gasteiger partial charge on any atom is -0.493 e. The summed E-state index contributed by atoms with van der Waals surface area (Å²) in [6, 6.07) is 14.0. The van der Waals surface area contributed by atoms with Crippen LogP contribution < -0.4 is 19.7 Å². The van der Waals surface area contributed by atoms with E-state index in [0.29, 0.717) is 18.0 Å². The van der Waals surface area contributed by atoms with Crippen molar-refractivity contribution in [2.24, 2.45) is 0 Å². The maximum atomic E-state index is 12.7. The second-order valence-electron chi connectivity index (χ2n) is 6.83. The maximum absolute atomic E-state index is 12.7. The van der Waals surface area contributed by atoms with Crippen LogP contribution in [0.3, 0.4) is 0 Å². The highest BCUT2D eigenvalue weighted by Gasteiger charge is 2.25. The van der Waals surface area contributed by atoms with Gasteiger partial charge in [-0.3, -0.25) is 4.79 Å². The molecule has 1 N–H and O–H groups in total. The zero-order chi connectivity index (χ0) is 19.2. The van der Waals surface area contributed by atoms with Crippen molar-refractivity contribution in [1.82, 2.24) is 5.32 Å². The first kappa shape index (κ1) is 19.1. The van der Waals surface area contributed by atoms with Gasteiger partial charge < -0.3 is 19.7 Å². The molecule has 0 fully saturated rings. The summed E-state index contributed by atoms with van der Waals surface area (Å²) in [5.74, 6) is 1.48. The van der Waals surface area contributed by atoms with E-state index < -0.39 is 0 Å². The van der Waals surface area contributed by atoms with Gasteiger partial charge in [0.15, 0.2) is 11.5 Å². The number of benzene rings is 2. The summed E-state index contributed by atoms with van der Waals surface area (Å²) in [4.78, 5) is 14.9. The summed E-state index contributed by atoms with van der Waals surface area (Å²) in [5, 5.41) is 3.07. The van der Waals surface area contributed by atoms with E-state index in [1.165, 1.54) is 11.3 Å². The highest BCUT2D eigenvalue weighted by Crippen LogP contribution is 2.29. The monoisotopic (exact) mass is 368 g/mol. The van der Waals surface area contributed by atoms with Crippen molar-refractivity contribution in [3.8, 4) is 11.5 Å². The Bertz CT molecular complexity index is 791. The van der Waals surface area contributed by atoms with Gasteiger partial charge in [0.1, 0.15) is 6.04 Å². The van der Waals surface area contributed by atoms with Gasteiger partial charge in [-0.05, 0) is 55.5 Å². The van der Waals surface area contributed by atoms with Gasteiger partial charge in [-0.25, -0.2) is 0 Å². The van der Waals surface area contributed by atoms with Crippen molar-refractivity contribution in [1.29, 1.82) is 0 Å². The predicted molar refractivity (Wildman–Crippen MR) is 108 cm³/mol. The van der Waals surface area contributed by atoms with Crippen molar-refractivity contribution >= 4 is 11.6 Å². The molecule has 1 aliphatic rings. The van der Waals surface area contributed by atoms with Crippen LogP contribution >= 0.6 is 0 Å². The topological polar surface area (TPSA) is 50.8 Å². The lowest BCUT2D eigenvalue weighted by Crippen LogP contribution is -2.47. The summed E-state index contributed by atoms with van der Waals surface area (Å²) >= 11 is 0. The number of ether oxygens (including phenoxy) is 2. The third kappa shape index (κ3) is 4.35. The molecule has 5 nitrogen and oxygen atoms in total. The number of hydrogen-bond donors (Lipinski definition) is 1. The number of carbonyl (C=O) groups excluding carboxylic acids is 1. The van der Waals surface area contributed by atoms with E-state index in [2.05, 4.69) is 28.4 Å². The number of anilines is 1. The molecule has 0 saturated carbocycles. The molecule has 0 spiro atoms. The van der Waals surface area contributed by atoms with Gasteiger partial charge in [0.25, 0.3) is 0 Å². The highest BCUT2D eigenvalue weighted by atomic mass is 16.5. The van der Waals surface area contributed by atoms with Crippen molar-refractivity contribution in [3.05, 3.63) is 53.6 Å². The second-order valence-corrected chi connectivity index (χ2v) is 6.83. The number of aryl methyl sites for hydroxylation is 1. The molecule has 0 aromatic heterocycles. The number of hydrogen-bond acceptors (Lipinski definition) is 4. The standard InChI is InChI=1S/C22H28N2O3/c1-16(24-14-6-8-18-7-4-5-9-19(18)24)22(25)23-13-12-17-10-11-20(26-2)21(15-17)27-3/h4-5,7,9-11,15-16H,6,8,12-14H2,1-3H3,(H,23,25). The van der Waals surface area contributed by atoms with Gasteiger partial charge in [-0.15, -0.1) is 0 Å². The fraction of sp³-hybridized carbons (Fsp3) is 0.409. The summed E-state index contributed by atoms with van der Waals surface area (Å²) in [7, 11) is 3.25. The number of nitrogens with zero attached hydrogens (tertiary/aromatic N) is 1. The molecule has 1 aliphatic heterocycles. The summed E-state index contributed by atoms with van der Waals surface area (Å²) in [6.45, 7) is 3.49. The van der Waals surface area contributed by atoms with Crippen LogP contribution in [0, 0.1) is 0 Å². The van der Waals surface area contributed by atoms with Crippen molar-refractivity contribution in [2.75, 3.05) is 32.2 Å². The predicted octanol–water partition coefficient (Wildman–Crippen LogP) is 3.20. The summed E-state index contributed by atoms with van der Waals surface area (Å²) in [5.41, 5.74) is 3.61. The zero-order valence-corrected chi connectivity index (χ0v) is 16.3. The van der Waals surface area contributed by atoms with Crippen LogP contribution in [0.1, 0.15) is 24.5 Å². The van der Waals surface area contributed by atoms with Gasteiger partial charge in [-0.1, -0.05) is 24.3 Å². The van der Waals surface area contributed by atoms with E-state index in [1.807, 2.05) is 31.2 Å². The minimum absolute atomic E-state index is 0.0622. The molecule has 0 radical (unpaired) electrons. The molecule has 3 rings (SSSR count). The third-order valence-corrected chi connectivity index (χ3v) is 5.15. The number of nitrogens with one attached hydrogen (secondary N) is 1. The maximum Gasteiger partial charge on any atom is 0.242 e. The smallest absolute Gasteiger partial charge is 0.242 e. The molecular formula is C22H28N2O3. The zero-order valence-electron chi connectivity index (χ0n) is 16.3. The summed E-state index contributed by atoms with van der Waals surface area (Å²) < 4.78 is 10.6. The van der Waals surface area contributed by atoms with Crippen LogP contribution in [0.4, 0.5) is 5.69 Å². The van der Waals surface area contributed by atoms with Crippen molar-refractivity contribution in [2.45, 2.75) is 32.2 Å². The Morgan fingerprint density at radius 1 is 1.15 bits per heavy atom. The third-order valence-electron chi connectivity index (χ3n) is 5.15. The van der Waals surface area contributed by atoms with E-state index >= 15 is 0 Å². The molecule has 1 unspecified atom stereocenters. The highest BCUT2D eigenvalue weighted by molar-refractivity contribution is 5.85. The number of amides is 1. The Morgan fingerprint density at radius 2 is 1.93 bits per heavy atom. The van der Waals surface area contributed by atoms with Crippen molar-refractivity contribution in [3.63, 3.8) is 0 Å². The average molecular weight is 368 g/mol. The molecule has 27 heavy (non-hydrogen) atoms. The molecule has 0 bridgehead atoms. The normalized spacial score (nSPS) is 14.3. The molecule has 1 heterocycles. The molecule has 0 saturated heterocycles. The molecule has 2 aromatic rings. The van der Waals surface area contributed by atoms with Gasteiger partial charge in [-0.2, -0.15) is 0 Å². The van der Waals surface area contributed by atoms with Crippen LogP contribution in [-0.2, 0) is 17.6 Å². The Morgan fingerprint density at radius 3 is 2.70 bits per heavy atom. The lowest BCUT2D eigenvalue weighted by molar-refractivity contribution is -0.122. The van der Waals surface area contributed by atoms with Gasteiger partial charge in [0.05, 0.1) is 14.2 Å². The first-order valence-electron chi connectivity index (χ1n) is 9.47.